The molecule has 14 heavy (non-hydrogen) atoms. The van der Waals surface area contributed by atoms with E-state index in [2.05, 4.69) is 17.9 Å². The molecule has 84 valence electrons. The molecule has 0 radical (unpaired) electrons. The zero-order valence-electron chi connectivity index (χ0n) is 9.63. The van der Waals surface area contributed by atoms with Crippen molar-refractivity contribution in [3.05, 3.63) is 0 Å². The minimum absolute atomic E-state index is 0.0631. The summed E-state index contributed by atoms with van der Waals surface area (Å²) in [5, 5.41) is 2.79. The summed E-state index contributed by atoms with van der Waals surface area (Å²) in [5.74, 6) is 0.983. The number of carbonyl (C=O) groups excluding carboxylic acids is 1. The quantitative estimate of drug-likeness (QED) is 0.716. The van der Waals surface area contributed by atoms with Gasteiger partial charge in [-0.1, -0.05) is 13.8 Å². The molecule has 0 heterocycles. The van der Waals surface area contributed by atoms with Crippen LogP contribution in [-0.2, 0) is 4.74 Å². The Balaban J connectivity index is 4.04. The van der Waals surface area contributed by atoms with Crippen molar-refractivity contribution in [2.45, 2.75) is 46.3 Å². The first-order valence-corrected chi connectivity index (χ1v) is 5.50. The Morgan fingerprint density at radius 1 is 1.43 bits per heavy atom. The number of amides is 1. The van der Waals surface area contributed by atoms with Crippen LogP contribution in [0.25, 0.3) is 0 Å². The Morgan fingerprint density at radius 2 is 1.93 bits per heavy atom. The summed E-state index contributed by atoms with van der Waals surface area (Å²) < 4.78 is 5.14. The second-order valence-corrected chi connectivity index (χ2v) is 5.04. The van der Waals surface area contributed by atoms with E-state index in [1.165, 1.54) is 0 Å². The molecule has 1 atom stereocenters. The molecule has 3 nitrogen and oxygen atoms in total. The van der Waals surface area contributed by atoms with Crippen molar-refractivity contribution in [3.63, 3.8) is 0 Å². The fraction of sp³-hybridized carbons (Fsp3) is 0.900. The monoisotopic (exact) mass is 219 g/mol. The second kappa shape index (κ2) is 5.49. The van der Waals surface area contributed by atoms with Crippen molar-refractivity contribution in [1.82, 2.24) is 5.32 Å². The first kappa shape index (κ1) is 13.6. The van der Waals surface area contributed by atoms with E-state index < -0.39 is 5.60 Å². The first-order chi connectivity index (χ1) is 6.26. The maximum atomic E-state index is 11.4. The van der Waals surface area contributed by atoms with Crippen LogP contribution < -0.4 is 5.32 Å². The summed E-state index contributed by atoms with van der Waals surface area (Å²) in [4.78, 5) is 11.4. The van der Waals surface area contributed by atoms with Crippen LogP contribution in [0.3, 0.4) is 0 Å². The molecule has 0 aliphatic rings. The average molecular weight is 219 g/mol. The molecule has 0 rings (SSSR count). The summed E-state index contributed by atoms with van der Waals surface area (Å²) in [6.45, 7) is 9.61. The molecule has 0 spiro atoms. The van der Waals surface area contributed by atoms with E-state index in [1.807, 2.05) is 34.6 Å². The summed E-state index contributed by atoms with van der Waals surface area (Å²) in [6, 6.07) is 0.0631. The number of thiol groups is 1. The van der Waals surface area contributed by atoms with Crippen LogP contribution in [0.5, 0.6) is 0 Å². The van der Waals surface area contributed by atoms with Gasteiger partial charge in [0.05, 0.1) is 0 Å². The Labute approximate surface area is 92.0 Å². The van der Waals surface area contributed by atoms with Gasteiger partial charge in [-0.2, -0.15) is 12.6 Å². The van der Waals surface area contributed by atoms with Gasteiger partial charge in [0.25, 0.3) is 0 Å². The van der Waals surface area contributed by atoms with E-state index in [0.717, 1.165) is 0 Å². The molecule has 0 fully saturated rings. The zero-order valence-corrected chi connectivity index (χ0v) is 10.5. The molecule has 1 amide bonds. The molecule has 0 saturated carbocycles. The van der Waals surface area contributed by atoms with Crippen molar-refractivity contribution < 1.29 is 9.53 Å². The van der Waals surface area contributed by atoms with Gasteiger partial charge in [-0.3, -0.25) is 0 Å². The van der Waals surface area contributed by atoms with E-state index in [0.29, 0.717) is 11.7 Å². The van der Waals surface area contributed by atoms with Gasteiger partial charge in [0.15, 0.2) is 0 Å². The lowest BCUT2D eigenvalue weighted by Gasteiger charge is -2.24. The first-order valence-electron chi connectivity index (χ1n) is 4.86. The van der Waals surface area contributed by atoms with Crippen LogP contribution >= 0.6 is 12.6 Å². The number of hydrogen-bond acceptors (Lipinski definition) is 3. The highest BCUT2D eigenvalue weighted by molar-refractivity contribution is 7.80. The maximum absolute atomic E-state index is 11.4. The van der Waals surface area contributed by atoms with Crippen molar-refractivity contribution >= 4 is 18.7 Å². The van der Waals surface area contributed by atoms with Gasteiger partial charge in [-0.05, 0) is 26.7 Å². The predicted octanol–water partition coefficient (Wildman–Crippen LogP) is 2.47. The molecule has 0 aliphatic heterocycles. The molecule has 4 heteroatoms. The van der Waals surface area contributed by atoms with Crippen LogP contribution in [0.15, 0.2) is 0 Å². The molecular weight excluding hydrogens is 198 g/mol. The third kappa shape index (κ3) is 6.13. The molecule has 1 N–H and O–H groups in total. The molecule has 0 saturated heterocycles. The van der Waals surface area contributed by atoms with E-state index in [-0.39, 0.29) is 12.1 Å². The molecule has 0 aromatic heterocycles. The Morgan fingerprint density at radius 3 is 2.21 bits per heavy atom. The third-order valence-corrected chi connectivity index (χ3v) is 2.10. The van der Waals surface area contributed by atoms with Crippen molar-refractivity contribution in [2.24, 2.45) is 5.92 Å². The van der Waals surface area contributed by atoms with Gasteiger partial charge in [-0.15, -0.1) is 0 Å². The van der Waals surface area contributed by atoms with Crippen LogP contribution in [0.1, 0.15) is 34.6 Å². The maximum Gasteiger partial charge on any atom is 0.407 e. The van der Waals surface area contributed by atoms with Gasteiger partial charge < -0.3 is 10.1 Å². The number of hydrogen-bond donors (Lipinski definition) is 2. The summed E-state index contributed by atoms with van der Waals surface area (Å²) in [7, 11) is 0. The van der Waals surface area contributed by atoms with Crippen LogP contribution in [-0.4, -0.2) is 23.5 Å². The zero-order chi connectivity index (χ0) is 11.4. The predicted molar refractivity (Wildman–Crippen MR) is 61.8 cm³/mol. The second-order valence-electron chi connectivity index (χ2n) is 4.68. The van der Waals surface area contributed by atoms with Gasteiger partial charge in [-0.25, -0.2) is 4.79 Å². The van der Waals surface area contributed by atoms with Gasteiger partial charge in [0, 0.05) is 11.8 Å². The Kier molecular flexibility index (Phi) is 5.34. The number of carbonyl (C=O) groups is 1. The minimum atomic E-state index is -0.442. The van der Waals surface area contributed by atoms with E-state index >= 15 is 0 Å². The Bertz CT molecular complexity index is 187. The molecule has 0 aliphatic carbocycles. The largest absolute Gasteiger partial charge is 0.444 e. The van der Waals surface area contributed by atoms with Crippen molar-refractivity contribution in [3.8, 4) is 0 Å². The Hall–Kier alpha value is -0.380. The number of ether oxygens (including phenoxy) is 1. The standard InChI is InChI=1S/C10H21NO2S/c1-7(2)8(6-14)11-9(12)13-10(3,4)5/h7-8,14H,6H2,1-5H3,(H,11,12)/t8-/m0/s1. The lowest BCUT2D eigenvalue weighted by atomic mass is 10.1. The molecule has 0 aromatic rings. The van der Waals surface area contributed by atoms with Gasteiger partial charge in [0.1, 0.15) is 5.60 Å². The normalized spacial score (nSPS) is 13.9. The summed E-state index contributed by atoms with van der Waals surface area (Å²) in [5.41, 5.74) is -0.442. The van der Waals surface area contributed by atoms with Gasteiger partial charge in [0.2, 0.25) is 0 Å². The fourth-order valence-electron chi connectivity index (χ4n) is 0.882. The number of alkyl carbamates (subject to hydrolysis) is 1. The highest BCUT2D eigenvalue weighted by atomic mass is 32.1. The molecule has 0 bridgehead atoms. The van der Waals surface area contributed by atoms with Gasteiger partial charge >= 0.3 is 6.09 Å². The highest BCUT2D eigenvalue weighted by Gasteiger charge is 2.20. The fourth-order valence-corrected chi connectivity index (χ4v) is 1.39. The van der Waals surface area contributed by atoms with E-state index in [9.17, 15) is 4.79 Å². The average Bonchev–Trinajstić information content (AvgIpc) is 1.96. The summed E-state index contributed by atoms with van der Waals surface area (Å²) in [6.07, 6.45) is -0.370. The summed E-state index contributed by atoms with van der Waals surface area (Å²) >= 11 is 4.17. The number of rotatable bonds is 3. The highest BCUT2D eigenvalue weighted by Crippen LogP contribution is 2.09. The van der Waals surface area contributed by atoms with E-state index in [1.54, 1.807) is 0 Å². The minimum Gasteiger partial charge on any atom is -0.444 e. The molecule has 0 aromatic carbocycles. The topological polar surface area (TPSA) is 38.3 Å². The smallest absolute Gasteiger partial charge is 0.407 e. The number of nitrogens with one attached hydrogen (secondary N) is 1. The SMILES string of the molecule is CC(C)[C@H](CS)NC(=O)OC(C)(C)C. The van der Waals surface area contributed by atoms with E-state index in [4.69, 9.17) is 4.74 Å². The molecule has 0 unspecified atom stereocenters. The lowest BCUT2D eigenvalue weighted by molar-refractivity contribution is 0.0497. The van der Waals surface area contributed by atoms with Crippen LogP contribution in [0.4, 0.5) is 4.79 Å². The molecular formula is C10H21NO2S. The van der Waals surface area contributed by atoms with Crippen molar-refractivity contribution in [2.75, 3.05) is 5.75 Å². The van der Waals surface area contributed by atoms with Crippen LogP contribution in [0, 0.1) is 5.92 Å². The van der Waals surface area contributed by atoms with Crippen molar-refractivity contribution in [1.29, 1.82) is 0 Å². The van der Waals surface area contributed by atoms with Crippen LogP contribution in [0.2, 0.25) is 0 Å². The lowest BCUT2D eigenvalue weighted by Crippen LogP contribution is -2.42. The third-order valence-electron chi connectivity index (χ3n) is 1.70.